The molecule has 4 rings (SSSR count). The molecule has 15 heteroatoms. The average molecular weight is 462 g/mol. The van der Waals surface area contributed by atoms with Crippen LogP contribution in [0, 0.1) is 30.3 Å². The van der Waals surface area contributed by atoms with E-state index in [-0.39, 0.29) is 32.5 Å². The fourth-order valence-corrected chi connectivity index (χ4v) is 4.61. The summed E-state index contributed by atoms with van der Waals surface area (Å²) in [5.41, 5.74) is 0. The molecular formula is C15H6N6O6S3. The molecule has 0 fully saturated rings. The minimum Gasteiger partial charge on any atom is -0.258 e. The van der Waals surface area contributed by atoms with Gasteiger partial charge in [0.2, 0.25) is 0 Å². The molecule has 0 aliphatic rings. The molecule has 0 spiro atoms. The summed E-state index contributed by atoms with van der Waals surface area (Å²) in [6.07, 6.45) is 0. The molecule has 12 nitrogen and oxygen atoms in total. The second kappa shape index (κ2) is 7.62. The van der Waals surface area contributed by atoms with Crippen molar-refractivity contribution in [2.75, 3.05) is 0 Å². The smallest absolute Gasteiger partial charge is 0.258 e. The van der Waals surface area contributed by atoms with E-state index in [9.17, 15) is 30.3 Å². The topological polar surface area (TPSA) is 168 Å². The van der Waals surface area contributed by atoms with Gasteiger partial charge in [0.15, 0.2) is 17.5 Å². The Labute approximate surface area is 177 Å². The van der Waals surface area contributed by atoms with Crippen LogP contribution in [0.2, 0.25) is 0 Å². The third-order valence-corrected chi connectivity index (χ3v) is 6.71. The van der Waals surface area contributed by atoms with E-state index in [1.807, 2.05) is 0 Å². The van der Waals surface area contributed by atoms with Crippen molar-refractivity contribution in [1.82, 2.24) is 15.0 Å². The molecule has 0 radical (unpaired) electrons. The van der Waals surface area contributed by atoms with E-state index in [0.717, 1.165) is 34.0 Å². The maximum absolute atomic E-state index is 11.0. The number of hydrogen-bond donors (Lipinski definition) is 0. The Hall–Kier alpha value is -3.69. The van der Waals surface area contributed by atoms with E-state index in [4.69, 9.17) is 0 Å². The lowest BCUT2D eigenvalue weighted by molar-refractivity contribution is -0.380. The zero-order chi connectivity index (χ0) is 21.4. The van der Waals surface area contributed by atoms with E-state index >= 15 is 0 Å². The molecular weight excluding hydrogens is 456 g/mol. The van der Waals surface area contributed by atoms with E-state index in [2.05, 4.69) is 15.0 Å². The highest BCUT2D eigenvalue weighted by molar-refractivity contribution is 7.19. The summed E-state index contributed by atoms with van der Waals surface area (Å²) in [4.78, 5) is 45.5. The second-order valence-corrected chi connectivity index (χ2v) is 8.68. The molecule has 4 aromatic rings. The zero-order valence-corrected chi connectivity index (χ0v) is 16.8. The molecule has 0 N–H and O–H groups in total. The van der Waals surface area contributed by atoms with Crippen LogP contribution in [0.3, 0.4) is 0 Å². The molecule has 4 heterocycles. The molecule has 0 bridgehead atoms. The van der Waals surface area contributed by atoms with Gasteiger partial charge < -0.3 is 0 Å². The van der Waals surface area contributed by atoms with Crippen molar-refractivity contribution < 1.29 is 14.8 Å². The van der Waals surface area contributed by atoms with Crippen molar-refractivity contribution in [3.05, 3.63) is 66.7 Å². The van der Waals surface area contributed by atoms with Crippen molar-refractivity contribution in [2.24, 2.45) is 0 Å². The number of hydrogen-bond acceptors (Lipinski definition) is 12. The molecule has 0 atom stereocenters. The summed E-state index contributed by atoms with van der Waals surface area (Å²) < 4.78 is 0. The first-order chi connectivity index (χ1) is 14.3. The summed E-state index contributed by atoms with van der Waals surface area (Å²) in [7, 11) is 0. The number of rotatable bonds is 6. The lowest BCUT2D eigenvalue weighted by Crippen LogP contribution is -1.97. The molecule has 0 amide bonds. The number of thiophene rings is 3. The maximum Gasteiger partial charge on any atom is 0.324 e. The van der Waals surface area contributed by atoms with Crippen molar-refractivity contribution in [3.63, 3.8) is 0 Å². The van der Waals surface area contributed by atoms with Gasteiger partial charge in [-0.05, 0) is 18.2 Å². The van der Waals surface area contributed by atoms with Crippen LogP contribution in [0.5, 0.6) is 0 Å². The fourth-order valence-electron chi connectivity index (χ4n) is 2.34. The van der Waals surface area contributed by atoms with Gasteiger partial charge in [0.1, 0.15) is 0 Å². The number of nitrogens with zero attached hydrogens (tertiary/aromatic N) is 6. The van der Waals surface area contributed by atoms with Crippen molar-refractivity contribution in [2.45, 2.75) is 0 Å². The van der Waals surface area contributed by atoms with E-state index in [1.165, 1.54) is 36.4 Å². The molecule has 0 aromatic carbocycles. The van der Waals surface area contributed by atoms with Crippen LogP contribution in [0.1, 0.15) is 0 Å². The van der Waals surface area contributed by atoms with Crippen LogP contribution in [-0.2, 0) is 0 Å². The molecule has 0 saturated carbocycles. The van der Waals surface area contributed by atoms with Gasteiger partial charge >= 0.3 is 15.0 Å². The first-order valence-corrected chi connectivity index (χ1v) is 10.3. The molecule has 30 heavy (non-hydrogen) atoms. The summed E-state index contributed by atoms with van der Waals surface area (Å²) in [6, 6.07) is 8.40. The Kier molecular flexibility index (Phi) is 4.98. The maximum atomic E-state index is 11.0. The number of aromatic nitrogens is 3. The predicted octanol–water partition coefficient (Wildman–Crippen LogP) is 4.78. The second-order valence-electron chi connectivity index (χ2n) is 5.49. The van der Waals surface area contributed by atoms with Gasteiger partial charge in [-0.1, -0.05) is 34.0 Å². The van der Waals surface area contributed by atoms with Crippen LogP contribution < -0.4 is 0 Å². The highest BCUT2D eigenvalue weighted by atomic mass is 32.1. The first-order valence-electron chi connectivity index (χ1n) is 7.81. The Balaban J connectivity index is 1.86. The monoisotopic (exact) mass is 462 g/mol. The van der Waals surface area contributed by atoms with Gasteiger partial charge in [-0.3, -0.25) is 30.3 Å². The molecule has 0 aliphatic carbocycles. The van der Waals surface area contributed by atoms with Crippen LogP contribution in [0.25, 0.3) is 32.1 Å². The Morgan fingerprint density at radius 2 is 0.800 bits per heavy atom. The SMILES string of the molecule is O=[N+]([O-])c1ccc(-c2nc(-c3ccc([N+](=O)[O-])s3)nc(-c3ccc([N+](=O)[O-])s3)n2)s1. The fraction of sp³-hybridized carbons (Fsp3) is 0. The van der Waals surface area contributed by atoms with Gasteiger partial charge in [-0.25, -0.2) is 15.0 Å². The highest BCUT2D eigenvalue weighted by Gasteiger charge is 2.21. The van der Waals surface area contributed by atoms with Crippen LogP contribution in [-0.4, -0.2) is 29.7 Å². The highest BCUT2D eigenvalue weighted by Crippen LogP contribution is 2.37. The largest absolute Gasteiger partial charge is 0.324 e. The predicted molar refractivity (Wildman–Crippen MR) is 110 cm³/mol. The summed E-state index contributed by atoms with van der Waals surface area (Å²) >= 11 is 2.58. The summed E-state index contributed by atoms with van der Waals surface area (Å²) in [5, 5.41) is 32.7. The summed E-state index contributed by atoms with van der Waals surface area (Å²) in [6.45, 7) is 0. The third kappa shape index (κ3) is 3.76. The lowest BCUT2D eigenvalue weighted by Gasteiger charge is -2.03. The van der Waals surface area contributed by atoms with Gasteiger partial charge in [0, 0.05) is 18.2 Å². The number of nitro groups is 3. The van der Waals surface area contributed by atoms with Gasteiger partial charge in [-0.15, -0.1) is 0 Å². The normalized spacial score (nSPS) is 10.8. The first kappa shape index (κ1) is 19.6. The van der Waals surface area contributed by atoms with Crippen LogP contribution in [0.4, 0.5) is 15.0 Å². The minimum atomic E-state index is -0.539. The van der Waals surface area contributed by atoms with Gasteiger partial charge in [0.05, 0.1) is 29.4 Å². The molecule has 0 aliphatic heterocycles. The third-order valence-electron chi connectivity index (χ3n) is 3.61. The van der Waals surface area contributed by atoms with Crippen molar-refractivity contribution in [3.8, 4) is 32.1 Å². The van der Waals surface area contributed by atoms with Crippen LogP contribution in [0.15, 0.2) is 36.4 Å². The van der Waals surface area contributed by atoms with Crippen LogP contribution >= 0.6 is 34.0 Å². The minimum absolute atomic E-state index is 0.105. The van der Waals surface area contributed by atoms with E-state index in [0.29, 0.717) is 14.6 Å². The van der Waals surface area contributed by atoms with E-state index in [1.54, 1.807) is 0 Å². The van der Waals surface area contributed by atoms with E-state index < -0.39 is 14.8 Å². The molecule has 150 valence electrons. The lowest BCUT2D eigenvalue weighted by atomic mass is 10.3. The summed E-state index contributed by atoms with van der Waals surface area (Å²) in [5.74, 6) is 0.376. The zero-order valence-electron chi connectivity index (χ0n) is 14.3. The molecule has 4 aromatic heterocycles. The van der Waals surface area contributed by atoms with Crippen molar-refractivity contribution in [1.29, 1.82) is 0 Å². The molecule has 0 saturated heterocycles. The standard InChI is InChI=1S/C15H6N6O6S3/c22-19(23)10-4-1-7(28-10)13-16-14(8-2-5-11(29-8)20(24)25)18-15(17-13)9-3-6-12(30-9)21(26)27/h1-6H. The average Bonchev–Trinajstić information content (AvgIpc) is 3.48. The Morgan fingerprint density at radius 3 is 1.00 bits per heavy atom. The Morgan fingerprint density at radius 1 is 0.533 bits per heavy atom. The Bertz CT molecular complexity index is 1140. The van der Waals surface area contributed by atoms with Gasteiger partial charge in [-0.2, -0.15) is 0 Å². The van der Waals surface area contributed by atoms with Gasteiger partial charge in [0.25, 0.3) is 0 Å². The van der Waals surface area contributed by atoms with Crippen molar-refractivity contribution >= 4 is 49.0 Å². The quantitative estimate of drug-likeness (QED) is 0.289. The molecule has 0 unspecified atom stereocenters.